The van der Waals surface area contributed by atoms with Gasteiger partial charge in [0.1, 0.15) is 5.01 Å². The molecule has 0 bridgehead atoms. The number of thiol groups is 1. The lowest BCUT2D eigenvalue weighted by Gasteiger charge is -1.95. The van der Waals surface area contributed by atoms with Crippen molar-refractivity contribution in [3.8, 4) is 0 Å². The fourth-order valence-corrected chi connectivity index (χ4v) is 1.64. The van der Waals surface area contributed by atoms with Crippen LogP contribution in [0.3, 0.4) is 0 Å². The van der Waals surface area contributed by atoms with Gasteiger partial charge in [-0.15, -0.1) is 10.2 Å². The molecular formula is C5H9N3S2. The molecule has 1 unspecified atom stereocenters. The summed E-state index contributed by atoms with van der Waals surface area (Å²) in [4.78, 5) is 0. The minimum absolute atomic E-state index is 0.326. The van der Waals surface area contributed by atoms with Crippen molar-refractivity contribution in [2.45, 2.75) is 18.6 Å². The van der Waals surface area contributed by atoms with Gasteiger partial charge >= 0.3 is 0 Å². The highest BCUT2D eigenvalue weighted by atomic mass is 32.1. The van der Waals surface area contributed by atoms with E-state index in [2.05, 4.69) is 22.8 Å². The van der Waals surface area contributed by atoms with Gasteiger partial charge in [-0.3, -0.25) is 0 Å². The largest absolute Gasteiger partial charge is 0.374 e. The fourth-order valence-electron chi connectivity index (χ4n) is 0.602. The normalized spacial score (nSPS) is 13.4. The summed E-state index contributed by atoms with van der Waals surface area (Å²) in [6.45, 7) is 2.01. The first-order valence-corrected chi connectivity index (χ1v) is 4.27. The predicted molar refractivity (Wildman–Crippen MR) is 46.5 cm³/mol. The lowest BCUT2D eigenvalue weighted by molar-refractivity contribution is 0.900. The number of nitrogens with zero attached hydrogens (tertiary/aromatic N) is 2. The highest BCUT2D eigenvalue weighted by molar-refractivity contribution is 7.80. The molecule has 0 aliphatic rings. The van der Waals surface area contributed by atoms with E-state index in [1.807, 2.05) is 6.92 Å². The van der Waals surface area contributed by atoms with Crippen molar-refractivity contribution < 1.29 is 0 Å². The molecule has 1 atom stereocenters. The summed E-state index contributed by atoms with van der Waals surface area (Å²) < 4.78 is 0. The zero-order valence-corrected chi connectivity index (χ0v) is 7.32. The topological polar surface area (TPSA) is 51.8 Å². The lowest BCUT2D eigenvalue weighted by atomic mass is 10.3. The van der Waals surface area contributed by atoms with E-state index in [-0.39, 0.29) is 0 Å². The SMILES string of the molecule is CC(S)Cc1nnc(N)s1. The number of rotatable bonds is 2. The van der Waals surface area contributed by atoms with E-state index in [1.54, 1.807) is 0 Å². The van der Waals surface area contributed by atoms with Gasteiger partial charge in [-0.25, -0.2) is 0 Å². The minimum atomic E-state index is 0.326. The van der Waals surface area contributed by atoms with Gasteiger partial charge in [-0.2, -0.15) is 12.6 Å². The van der Waals surface area contributed by atoms with E-state index in [0.717, 1.165) is 11.4 Å². The Labute approximate surface area is 69.1 Å². The molecule has 2 N–H and O–H groups in total. The molecular weight excluding hydrogens is 166 g/mol. The molecule has 1 aromatic rings. The Hall–Kier alpha value is -0.290. The third-order valence-electron chi connectivity index (χ3n) is 0.953. The van der Waals surface area contributed by atoms with Crippen molar-refractivity contribution in [2.24, 2.45) is 0 Å². The predicted octanol–water partition coefficient (Wildman–Crippen LogP) is 0.981. The Morgan fingerprint density at radius 2 is 2.40 bits per heavy atom. The summed E-state index contributed by atoms with van der Waals surface area (Å²) in [5.41, 5.74) is 5.37. The number of hydrogen-bond donors (Lipinski definition) is 2. The highest BCUT2D eigenvalue weighted by Crippen LogP contribution is 2.14. The van der Waals surface area contributed by atoms with Crippen LogP contribution in [0, 0.1) is 0 Å². The van der Waals surface area contributed by atoms with E-state index < -0.39 is 0 Å². The maximum Gasteiger partial charge on any atom is 0.203 e. The average Bonchev–Trinajstić information content (AvgIpc) is 2.13. The van der Waals surface area contributed by atoms with Crippen LogP contribution in [0.1, 0.15) is 11.9 Å². The third kappa shape index (κ3) is 2.15. The summed E-state index contributed by atoms with van der Waals surface area (Å²) >= 11 is 5.64. The first-order chi connectivity index (χ1) is 4.68. The van der Waals surface area contributed by atoms with E-state index >= 15 is 0 Å². The van der Waals surface area contributed by atoms with Crippen LogP contribution in [-0.2, 0) is 6.42 Å². The molecule has 5 heteroatoms. The molecule has 1 rings (SSSR count). The van der Waals surface area contributed by atoms with Crippen LogP contribution in [0.2, 0.25) is 0 Å². The second kappa shape index (κ2) is 3.21. The smallest absolute Gasteiger partial charge is 0.203 e. The molecule has 56 valence electrons. The minimum Gasteiger partial charge on any atom is -0.374 e. The Kier molecular flexibility index (Phi) is 2.50. The van der Waals surface area contributed by atoms with Gasteiger partial charge in [-0.1, -0.05) is 18.3 Å². The second-order valence-electron chi connectivity index (χ2n) is 2.09. The summed E-state index contributed by atoms with van der Waals surface area (Å²) in [5.74, 6) is 0. The van der Waals surface area contributed by atoms with Crippen molar-refractivity contribution in [1.29, 1.82) is 0 Å². The maximum absolute atomic E-state index is 5.37. The van der Waals surface area contributed by atoms with E-state index in [4.69, 9.17) is 5.73 Å². The van der Waals surface area contributed by atoms with Crippen molar-refractivity contribution in [1.82, 2.24) is 10.2 Å². The number of nitrogens with two attached hydrogens (primary N) is 1. The molecule has 0 radical (unpaired) electrons. The maximum atomic E-state index is 5.37. The van der Waals surface area contributed by atoms with Crippen molar-refractivity contribution >= 4 is 29.1 Å². The number of nitrogen functional groups attached to an aromatic ring is 1. The third-order valence-corrected chi connectivity index (χ3v) is 1.91. The molecule has 10 heavy (non-hydrogen) atoms. The highest BCUT2D eigenvalue weighted by Gasteiger charge is 2.02. The first kappa shape index (κ1) is 7.81. The summed E-state index contributed by atoms with van der Waals surface area (Å²) in [7, 11) is 0. The van der Waals surface area contributed by atoms with Crippen molar-refractivity contribution in [2.75, 3.05) is 5.73 Å². The lowest BCUT2D eigenvalue weighted by Crippen LogP contribution is -1.95. The van der Waals surface area contributed by atoms with Crippen LogP contribution in [0.4, 0.5) is 5.13 Å². The Balaban J connectivity index is 2.58. The first-order valence-electron chi connectivity index (χ1n) is 2.94. The Morgan fingerprint density at radius 1 is 1.70 bits per heavy atom. The summed E-state index contributed by atoms with van der Waals surface area (Å²) in [6.07, 6.45) is 0.845. The molecule has 0 aromatic carbocycles. The molecule has 1 aromatic heterocycles. The standard InChI is InChI=1S/C5H9N3S2/c1-3(9)2-4-7-8-5(6)10-4/h3,9H,2H2,1H3,(H2,6,8). The van der Waals surface area contributed by atoms with E-state index in [1.165, 1.54) is 11.3 Å². The van der Waals surface area contributed by atoms with Gasteiger partial charge < -0.3 is 5.73 Å². The summed E-state index contributed by atoms with van der Waals surface area (Å²) in [5, 5.41) is 9.35. The van der Waals surface area contributed by atoms with Crippen molar-refractivity contribution in [3.05, 3.63) is 5.01 Å². The van der Waals surface area contributed by atoms with Gasteiger partial charge in [0, 0.05) is 11.7 Å². The van der Waals surface area contributed by atoms with Crippen molar-refractivity contribution in [3.63, 3.8) is 0 Å². The van der Waals surface area contributed by atoms with Gasteiger partial charge in [0.25, 0.3) is 0 Å². The average molecular weight is 175 g/mol. The van der Waals surface area contributed by atoms with E-state index in [9.17, 15) is 0 Å². The van der Waals surface area contributed by atoms with Crippen LogP contribution in [0.25, 0.3) is 0 Å². The second-order valence-corrected chi connectivity index (χ2v) is 4.06. The molecule has 0 saturated carbocycles. The zero-order chi connectivity index (χ0) is 7.56. The Morgan fingerprint density at radius 3 is 2.80 bits per heavy atom. The summed E-state index contributed by atoms with van der Waals surface area (Å²) in [6, 6.07) is 0. The molecule has 0 fully saturated rings. The van der Waals surface area contributed by atoms with Crippen LogP contribution >= 0.6 is 24.0 Å². The quantitative estimate of drug-likeness (QED) is 0.659. The number of anilines is 1. The Bertz CT molecular complexity index is 208. The van der Waals surface area contributed by atoms with Gasteiger partial charge in [-0.05, 0) is 0 Å². The fraction of sp³-hybridized carbons (Fsp3) is 0.600. The number of hydrogen-bond acceptors (Lipinski definition) is 5. The van der Waals surface area contributed by atoms with Crippen LogP contribution in [0.15, 0.2) is 0 Å². The molecule has 3 nitrogen and oxygen atoms in total. The molecule has 0 aliphatic heterocycles. The molecule has 0 saturated heterocycles. The van der Waals surface area contributed by atoms with Gasteiger partial charge in [0.05, 0.1) is 0 Å². The molecule has 0 aliphatic carbocycles. The number of aromatic nitrogens is 2. The van der Waals surface area contributed by atoms with Gasteiger partial charge in [0.2, 0.25) is 5.13 Å². The molecule has 1 heterocycles. The van der Waals surface area contributed by atoms with E-state index in [0.29, 0.717) is 10.4 Å². The molecule has 0 amide bonds. The monoisotopic (exact) mass is 175 g/mol. The van der Waals surface area contributed by atoms with Crippen LogP contribution < -0.4 is 5.73 Å². The van der Waals surface area contributed by atoms with Gasteiger partial charge in [0.15, 0.2) is 0 Å². The van der Waals surface area contributed by atoms with Crippen LogP contribution in [-0.4, -0.2) is 15.4 Å². The zero-order valence-electron chi connectivity index (χ0n) is 5.61. The van der Waals surface area contributed by atoms with Crippen LogP contribution in [0.5, 0.6) is 0 Å². The molecule has 0 spiro atoms.